The van der Waals surface area contributed by atoms with Gasteiger partial charge in [-0.25, -0.2) is 0 Å². The van der Waals surface area contributed by atoms with Gasteiger partial charge < -0.3 is 14.4 Å². The Kier molecular flexibility index (Phi) is 6.01. The molecule has 1 amide bonds. The van der Waals surface area contributed by atoms with E-state index in [1.807, 2.05) is 49.4 Å². The third-order valence-electron chi connectivity index (χ3n) is 3.88. The Bertz CT molecular complexity index is 737. The Morgan fingerprint density at radius 2 is 1.83 bits per heavy atom. The summed E-state index contributed by atoms with van der Waals surface area (Å²) in [5, 5.41) is 0. The lowest BCUT2D eigenvalue weighted by Gasteiger charge is -2.17. The number of ether oxygens (including phenoxy) is 2. The number of methoxy groups -OCH3 is 2. The van der Waals surface area contributed by atoms with Crippen LogP contribution in [0.2, 0.25) is 0 Å². The lowest BCUT2D eigenvalue weighted by atomic mass is 10.1. The summed E-state index contributed by atoms with van der Waals surface area (Å²) in [6.07, 6.45) is 3.30. The van der Waals surface area contributed by atoms with Gasteiger partial charge in [-0.05, 0) is 30.2 Å². The van der Waals surface area contributed by atoms with E-state index in [2.05, 4.69) is 0 Å². The van der Waals surface area contributed by atoms with Crippen LogP contribution in [-0.4, -0.2) is 32.1 Å². The first kappa shape index (κ1) is 17.6. The molecule has 2 aromatic rings. The van der Waals surface area contributed by atoms with E-state index in [1.165, 1.54) is 5.56 Å². The van der Waals surface area contributed by atoms with Crippen LogP contribution in [0.15, 0.2) is 48.5 Å². The number of aryl methyl sites for hydroxylation is 1. The van der Waals surface area contributed by atoms with E-state index in [0.717, 1.165) is 11.1 Å². The molecule has 2 rings (SSSR count). The fourth-order valence-electron chi connectivity index (χ4n) is 2.45. The molecule has 24 heavy (non-hydrogen) atoms. The molecule has 126 valence electrons. The molecule has 4 heteroatoms. The number of amides is 1. The highest BCUT2D eigenvalue weighted by Gasteiger charge is 2.10. The zero-order valence-corrected chi connectivity index (χ0v) is 14.6. The van der Waals surface area contributed by atoms with Gasteiger partial charge in [0, 0.05) is 25.2 Å². The van der Waals surface area contributed by atoms with Crippen molar-refractivity contribution < 1.29 is 14.3 Å². The van der Waals surface area contributed by atoms with Crippen LogP contribution in [0, 0.1) is 6.92 Å². The molecular formula is C20H23NO3. The van der Waals surface area contributed by atoms with Crippen molar-refractivity contribution in [1.29, 1.82) is 0 Å². The van der Waals surface area contributed by atoms with Crippen molar-refractivity contribution in [3.8, 4) is 11.5 Å². The Labute approximate surface area is 143 Å². The molecule has 0 N–H and O–H groups in total. The normalized spacial score (nSPS) is 10.7. The molecule has 0 aliphatic carbocycles. The van der Waals surface area contributed by atoms with E-state index in [1.54, 1.807) is 38.3 Å². The maximum Gasteiger partial charge on any atom is 0.246 e. The van der Waals surface area contributed by atoms with Crippen LogP contribution in [0.1, 0.15) is 16.7 Å². The molecule has 0 aromatic heterocycles. The van der Waals surface area contributed by atoms with E-state index in [0.29, 0.717) is 18.0 Å². The maximum atomic E-state index is 12.4. The number of likely N-dealkylation sites (N-methyl/N-ethyl adjacent to an activating group) is 1. The number of hydrogen-bond donors (Lipinski definition) is 0. The topological polar surface area (TPSA) is 38.8 Å². The van der Waals surface area contributed by atoms with Gasteiger partial charge in [-0.2, -0.15) is 0 Å². The van der Waals surface area contributed by atoms with Crippen molar-refractivity contribution >= 4 is 12.0 Å². The smallest absolute Gasteiger partial charge is 0.246 e. The van der Waals surface area contributed by atoms with Gasteiger partial charge in [-0.1, -0.05) is 36.4 Å². The highest BCUT2D eigenvalue weighted by atomic mass is 16.5. The van der Waals surface area contributed by atoms with Gasteiger partial charge >= 0.3 is 0 Å². The minimum absolute atomic E-state index is 0.0665. The number of benzene rings is 2. The van der Waals surface area contributed by atoms with Gasteiger partial charge in [0.1, 0.15) is 0 Å². The molecule has 0 radical (unpaired) electrons. The molecule has 0 spiro atoms. The van der Waals surface area contributed by atoms with Crippen LogP contribution in [0.5, 0.6) is 11.5 Å². The van der Waals surface area contributed by atoms with Crippen molar-refractivity contribution in [3.63, 3.8) is 0 Å². The summed E-state index contributed by atoms with van der Waals surface area (Å²) in [7, 11) is 4.97. The number of carbonyl (C=O) groups is 1. The molecular weight excluding hydrogens is 302 g/mol. The fraction of sp³-hybridized carbons (Fsp3) is 0.250. The lowest BCUT2D eigenvalue weighted by Crippen LogP contribution is -2.24. The van der Waals surface area contributed by atoms with Crippen LogP contribution >= 0.6 is 0 Å². The second-order valence-corrected chi connectivity index (χ2v) is 5.54. The average molecular weight is 325 g/mol. The van der Waals surface area contributed by atoms with Gasteiger partial charge in [0.05, 0.1) is 14.2 Å². The van der Waals surface area contributed by atoms with Crippen LogP contribution in [0.25, 0.3) is 6.08 Å². The molecule has 0 saturated carbocycles. The molecule has 0 saturated heterocycles. The van der Waals surface area contributed by atoms with Crippen molar-refractivity contribution in [1.82, 2.24) is 4.90 Å². The van der Waals surface area contributed by atoms with Crippen molar-refractivity contribution in [2.45, 2.75) is 13.5 Å². The third kappa shape index (κ3) is 4.16. The summed E-state index contributed by atoms with van der Waals surface area (Å²) in [5.74, 6) is 1.19. The zero-order valence-electron chi connectivity index (χ0n) is 14.6. The first-order valence-electron chi connectivity index (χ1n) is 7.75. The van der Waals surface area contributed by atoms with E-state index >= 15 is 0 Å². The molecule has 0 bridgehead atoms. The summed E-state index contributed by atoms with van der Waals surface area (Å²) in [6.45, 7) is 2.62. The van der Waals surface area contributed by atoms with E-state index in [9.17, 15) is 4.79 Å². The first-order chi connectivity index (χ1) is 11.6. The van der Waals surface area contributed by atoms with Crippen molar-refractivity contribution in [2.75, 3.05) is 21.3 Å². The van der Waals surface area contributed by atoms with Gasteiger partial charge in [-0.3, -0.25) is 4.79 Å². The number of para-hydroxylation sites is 1. The van der Waals surface area contributed by atoms with Gasteiger partial charge in [-0.15, -0.1) is 0 Å². The van der Waals surface area contributed by atoms with Crippen LogP contribution in [-0.2, 0) is 11.3 Å². The molecule has 2 aromatic carbocycles. The minimum Gasteiger partial charge on any atom is -0.493 e. The number of rotatable bonds is 6. The Balaban J connectivity index is 2.11. The molecule has 0 fully saturated rings. The summed E-state index contributed by atoms with van der Waals surface area (Å²) in [5.41, 5.74) is 3.12. The Morgan fingerprint density at radius 3 is 2.50 bits per heavy atom. The van der Waals surface area contributed by atoms with Gasteiger partial charge in [0.25, 0.3) is 0 Å². The Hall–Kier alpha value is -2.75. The monoisotopic (exact) mass is 325 g/mol. The fourth-order valence-corrected chi connectivity index (χ4v) is 2.45. The number of hydrogen-bond acceptors (Lipinski definition) is 3. The number of nitrogens with zero attached hydrogens (tertiary/aromatic N) is 1. The summed E-state index contributed by atoms with van der Waals surface area (Å²) in [6, 6.07) is 13.6. The average Bonchev–Trinajstić information content (AvgIpc) is 2.60. The van der Waals surface area contributed by atoms with Gasteiger partial charge in [0.15, 0.2) is 11.5 Å². The summed E-state index contributed by atoms with van der Waals surface area (Å²) in [4.78, 5) is 14.0. The van der Waals surface area contributed by atoms with Crippen LogP contribution in [0.4, 0.5) is 0 Å². The van der Waals surface area contributed by atoms with Gasteiger partial charge in [0.2, 0.25) is 5.91 Å². The predicted molar refractivity (Wildman–Crippen MR) is 96.2 cm³/mol. The highest BCUT2D eigenvalue weighted by Crippen LogP contribution is 2.31. The van der Waals surface area contributed by atoms with E-state index in [-0.39, 0.29) is 5.91 Å². The zero-order chi connectivity index (χ0) is 17.5. The summed E-state index contributed by atoms with van der Waals surface area (Å²) >= 11 is 0. The maximum absolute atomic E-state index is 12.4. The van der Waals surface area contributed by atoms with E-state index < -0.39 is 0 Å². The van der Waals surface area contributed by atoms with Crippen molar-refractivity contribution in [3.05, 3.63) is 65.2 Å². The standard InChI is InChI=1S/C20H23NO3/c1-15-8-5-6-9-17(15)14-21(2)19(22)13-12-16-10-7-11-18(23-3)20(16)24-4/h5-13H,14H2,1-4H3/b13-12+. The lowest BCUT2D eigenvalue weighted by molar-refractivity contribution is -0.125. The number of carbonyl (C=O) groups excluding carboxylic acids is 1. The molecule has 0 unspecified atom stereocenters. The predicted octanol–water partition coefficient (Wildman–Crippen LogP) is 3.68. The second-order valence-electron chi connectivity index (χ2n) is 5.54. The molecule has 4 nitrogen and oxygen atoms in total. The summed E-state index contributed by atoms with van der Waals surface area (Å²) < 4.78 is 10.6. The second kappa shape index (κ2) is 8.20. The third-order valence-corrected chi connectivity index (χ3v) is 3.88. The first-order valence-corrected chi connectivity index (χ1v) is 7.75. The molecule has 0 aliphatic heterocycles. The molecule has 0 heterocycles. The SMILES string of the molecule is COc1cccc(/C=C/C(=O)N(C)Cc2ccccc2C)c1OC. The van der Waals surface area contributed by atoms with Crippen LogP contribution < -0.4 is 9.47 Å². The highest BCUT2D eigenvalue weighted by molar-refractivity contribution is 5.92. The quantitative estimate of drug-likeness (QED) is 0.761. The van der Waals surface area contributed by atoms with Crippen LogP contribution in [0.3, 0.4) is 0 Å². The minimum atomic E-state index is -0.0665. The largest absolute Gasteiger partial charge is 0.493 e. The van der Waals surface area contributed by atoms with E-state index in [4.69, 9.17) is 9.47 Å². The van der Waals surface area contributed by atoms with Crippen molar-refractivity contribution in [2.24, 2.45) is 0 Å². The molecule has 0 atom stereocenters. The molecule has 0 aliphatic rings. The Morgan fingerprint density at radius 1 is 1.08 bits per heavy atom.